The normalized spacial score (nSPS) is 20.0. The minimum absolute atomic E-state index is 0.0153. The molecule has 2 aromatic heterocycles. The number of hydrogen-bond acceptors (Lipinski definition) is 9. The maximum absolute atomic E-state index is 13.5. The van der Waals surface area contributed by atoms with Gasteiger partial charge in [0, 0.05) is 36.8 Å². The van der Waals surface area contributed by atoms with Gasteiger partial charge >= 0.3 is 0 Å². The van der Waals surface area contributed by atoms with E-state index in [9.17, 15) is 19.2 Å². The molecule has 4 rings (SSSR count). The highest BCUT2D eigenvalue weighted by Crippen LogP contribution is 2.27. The van der Waals surface area contributed by atoms with Gasteiger partial charge in [0.1, 0.15) is 21.4 Å². The molecule has 0 fully saturated rings. The molecule has 0 radical (unpaired) electrons. The van der Waals surface area contributed by atoms with Crippen molar-refractivity contribution in [2.45, 2.75) is 84.3 Å². The molecule has 0 saturated heterocycles. The largest absolute Gasteiger partial charge is 0.351 e. The summed E-state index contributed by atoms with van der Waals surface area (Å²) in [5, 5.41) is 13.8. The molecule has 3 aromatic rings. The van der Waals surface area contributed by atoms with Gasteiger partial charge in [-0.1, -0.05) is 64.4 Å². The summed E-state index contributed by atoms with van der Waals surface area (Å²) in [6.45, 7) is 9.22. The Morgan fingerprint density at radius 3 is 2.23 bits per heavy atom. The summed E-state index contributed by atoms with van der Waals surface area (Å²) < 4.78 is 0. The van der Waals surface area contributed by atoms with Crippen LogP contribution in [0.5, 0.6) is 0 Å². The van der Waals surface area contributed by atoms with E-state index < -0.39 is 12.1 Å². The molecule has 1 aliphatic rings. The van der Waals surface area contributed by atoms with E-state index in [-0.39, 0.29) is 59.3 Å². The topological polar surface area (TPSA) is 159 Å². The van der Waals surface area contributed by atoms with E-state index in [2.05, 4.69) is 39.8 Å². The van der Waals surface area contributed by atoms with Crippen molar-refractivity contribution in [1.82, 2.24) is 30.8 Å². The number of nitrogens with zero attached hydrogens (tertiary/aromatic N) is 3. The number of fused-ring (bicyclic) bond motifs is 4. The highest BCUT2D eigenvalue weighted by molar-refractivity contribution is 7.10. The maximum Gasteiger partial charge on any atom is 0.271 e. The summed E-state index contributed by atoms with van der Waals surface area (Å²) in [6, 6.07) is 8.30. The average Bonchev–Trinajstić information content (AvgIpc) is 3.75. The average molecular weight is 682 g/mol. The predicted octanol–water partition coefficient (Wildman–Crippen LogP) is 4.63. The lowest BCUT2D eigenvalue weighted by molar-refractivity contribution is -0.134. The van der Waals surface area contributed by atoms with Crippen LogP contribution < -0.4 is 21.7 Å². The monoisotopic (exact) mass is 681 g/mol. The Morgan fingerprint density at radius 2 is 1.57 bits per heavy atom. The first-order valence-electron chi connectivity index (χ1n) is 16.4. The smallest absolute Gasteiger partial charge is 0.271 e. The second-order valence-electron chi connectivity index (χ2n) is 12.6. The Morgan fingerprint density at radius 1 is 0.936 bits per heavy atom. The molecule has 4 amide bonds. The van der Waals surface area contributed by atoms with Crippen LogP contribution in [-0.2, 0) is 16.0 Å². The zero-order valence-corrected chi connectivity index (χ0v) is 29.3. The third-order valence-electron chi connectivity index (χ3n) is 8.31. The van der Waals surface area contributed by atoms with Crippen molar-refractivity contribution >= 4 is 46.3 Å². The second-order valence-corrected chi connectivity index (χ2v) is 14.3. The van der Waals surface area contributed by atoms with Gasteiger partial charge in [0.05, 0.1) is 18.1 Å². The Bertz CT molecular complexity index is 1490. The van der Waals surface area contributed by atoms with E-state index in [0.717, 1.165) is 12.0 Å². The molecular formula is C34H47N7O4S2. The van der Waals surface area contributed by atoms with Gasteiger partial charge in [-0.2, -0.15) is 0 Å². The van der Waals surface area contributed by atoms with Crippen molar-refractivity contribution in [3.8, 4) is 0 Å². The SMILES string of the molecule is CC[C@H](C)[C@H](N)C(=O)N1CCCNC(=O)c2csc(n2)[C@H](Cc2ccccc2)NC(=O)c2csc(n2)C(CC(C)C)NC(=O)CCC1. The molecule has 13 heteroatoms. The molecule has 4 bridgehead atoms. The molecule has 254 valence electrons. The van der Waals surface area contributed by atoms with Crippen molar-refractivity contribution in [3.63, 3.8) is 0 Å². The minimum atomic E-state index is -0.638. The van der Waals surface area contributed by atoms with Gasteiger partial charge in [-0.25, -0.2) is 9.97 Å². The highest BCUT2D eigenvalue weighted by atomic mass is 32.1. The lowest BCUT2D eigenvalue weighted by Crippen LogP contribution is -2.48. The van der Waals surface area contributed by atoms with Crippen LogP contribution >= 0.6 is 22.7 Å². The Labute approximate surface area is 285 Å². The first kappa shape index (κ1) is 36.2. The van der Waals surface area contributed by atoms with Gasteiger partial charge in [0.25, 0.3) is 11.8 Å². The zero-order chi connectivity index (χ0) is 33.9. The molecule has 1 aromatic carbocycles. The number of aromatic nitrogens is 2. The van der Waals surface area contributed by atoms with Crippen molar-refractivity contribution in [3.05, 3.63) is 68.1 Å². The van der Waals surface area contributed by atoms with Gasteiger partial charge in [-0.15, -0.1) is 22.7 Å². The molecule has 0 spiro atoms. The summed E-state index contributed by atoms with van der Waals surface area (Å²) in [5.74, 6) is -0.678. The van der Waals surface area contributed by atoms with E-state index in [0.29, 0.717) is 55.3 Å². The number of carbonyl (C=O) groups excluding carboxylic acids is 4. The summed E-state index contributed by atoms with van der Waals surface area (Å²) in [4.78, 5) is 64.1. The predicted molar refractivity (Wildman–Crippen MR) is 185 cm³/mol. The van der Waals surface area contributed by atoms with Crippen LogP contribution in [0.1, 0.15) is 108 Å². The standard InChI is InChI=1S/C34H47N7O4S2/c1-5-22(4)29(35)34(45)41-15-9-13-28(42)37-24(17-21(2)3)32-40-27(20-47-32)31(44)38-25(18-23-11-7-6-8-12-23)33-39-26(19-46-33)30(43)36-14-10-16-41/h6-8,11-12,19-22,24-25,29H,5,9-10,13-18,35H2,1-4H3,(H,36,43)(H,37,42)(H,38,44)/t22-,24?,25-,29-/m0/s1. The first-order valence-corrected chi connectivity index (χ1v) is 18.2. The molecule has 1 aliphatic heterocycles. The highest BCUT2D eigenvalue weighted by Gasteiger charge is 2.27. The molecule has 4 atom stereocenters. The number of benzene rings is 1. The number of nitrogens with two attached hydrogens (primary N) is 1. The molecule has 5 N–H and O–H groups in total. The molecular weight excluding hydrogens is 635 g/mol. The van der Waals surface area contributed by atoms with E-state index in [1.165, 1.54) is 22.7 Å². The Kier molecular flexibility index (Phi) is 13.4. The molecule has 3 heterocycles. The fraction of sp³-hybridized carbons (Fsp3) is 0.529. The Hall–Kier alpha value is -3.68. The van der Waals surface area contributed by atoms with Gasteiger partial charge in [0.15, 0.2) is 0 Å². The molecule has 0 saturated carbocycles. The van der Waals surface area contributed by atoms with Crippen molar-refractivity contribution in [1.29, 1.82) is 0 Å². The number of thiazole rings is 2. The zero-order valence-electron chi connectivity index (χ0n) is 27.7. The van der Waals surface area contributed by atoms with Crippen molar-refractivity contribution in [2.24, 2.45) is 17.6 Å². The van der Waals surface area contributed by atoms with Crippen LogP contribution in [0.15, 0.2) is 41.1 Å². The number of nitrogens with one attached hydrogen (secondary N) is 3. The summed E-state index contributed by atoms with van der Waals surface area (Å²) in [6.07, 6.45) is 3.11. The quantitative estimate of drug-likeness (QED) is 0.283. The van der Waals surface area contributed by atoms with Crippen LogP contribution in [0.2, 0.25) is 0 Å². The lowest BCUT2D eigenvalue weighted by Gasteiger charge is -2.28. The first-order chi connectivity index (χ1) is 22.5. The van der Waals surface area contributed by atoms with Crippen molar-refractivity contribution < 1.29 is 19.2 Å². The number of rotatable bonds is 7. The Balaban J connectivity index is 1.61. The number of hydrogen-bond donors (Lipinski definition) is 4. The van der Waals surface area contributed by atoms with Crippen LogP contribution in [0.3, 0.4) is 0 Å². The fourth-order valence-electron chi connectivity index (χ4n) is 5.38. The van der Waals surface area contributed by atoms with Gasteiger partial charge in [0.2, 0.25) is 11.8 Å². The van der Waals surface area contributed by atoms with Gasteiger partial charge in [-0.05, 0) is 43.1 Å². The molecule has 0 aliphatic carbocycles. The third kappa shape index (κ3) is 10.4. The van der Waals surface area contributed by atoms with Crippen LogP contribution in [0, 0.1) is 11.8 Å². The fourth-order valence-corrected chi connectivity index (χ4v) is 7.09. The second kappa shape index (κ2) is 17.5. The van der Waals surface area contributed by atoms with Gasteiger partial charge in [-0.3, -0.25) is 19.2 Å². The van der Waals surface area contributed by atoms with E-state index >= 15 is 0 Å². The molecule has 47 heavy (non-hydrogen) atoms. The summed E-state index contributed by atoms with van der Waals surface area (Å²) in [5.41, 5.74) is 7.86. The summed E-state index contributed by atoms with van der Waals surface area (Å²) >= 11 is 2.65. The van der Waals surface area contributed by atoms with Crippen LogP contribution in [0.25, 0.3) is 0 Å². The van der Waals surface area contributed by atoms with Crippen LogP contribution in [0.4, 0.5) is 0 Å². The lowest BCUT2D eigenvalue weighted by atomic mass is 9.98. The van der Waals surface area contributed by atoms with E-state index in [1.54, 1.807) is 15.7 Å². The van der Waals surface area contributed by atoms with Crippen molar-refractivity contribution in [2.75, 3.05) is 19.6 Å². The van der Waals surface area contributed by atoms with Crippen LogP contribution in [-0.4, -0.2) is 64.2 Å². The van der Waals surface area contributed by atoms with Gasteiger partial charge < -0.3 is 26.6 Å². The molecule has 11 nitrogen and oxygen atoms in total. The number of carbonyl (C=O) groups is 4. The van der Waals surface area contributed by atoms with E-state index in [1.807, 2.05) is 44.2 Å². The number of amides is 4. The van der Waals surface area contributed by atoms with E-state index in [4.69, 9.17) is 5.73 Å². The molecule has 1 unspecified atom stereocenters. The minimum Gasteiger partial charge on any atom is -0.351 e. The maximum atomic E-state index is 13.5. The third-order valence-corrected chi connectivity index (χ3v) is 10.2. The summed E-state index contributed by atoms with van der Waals surface area (Å²) in [7, 11) is 0.